The van der Waals surface area contributed by atoms with Crippen LogP contribution >= 0.6 is 7.60 Å². The number of para-hydroxylation sites is 1. The van der Waals surface area contributed by atoms with Gasteiger partial charge in [0.25, 0.3) is 0 Å². The first-order valence-corrected chi connectivity index (χ1v) is 10.9. The molecule has 0 aromatic heterocycles. The fourth-order valence-electron chi connectivity index (χ4n) is 2.73. The number of nitrogens with one attached hydrogen (secondary N) is 1. The minimum Gasteiger partial charge on any atom is -0.378 e. The largest absolute Gasteiger partial charge is 0.378 e. The molecule has 0 saturated heterocycles. The zero-order valence-corrected chi connectivity index (χ0v) is 17.9. The lowest BCUT2D eigenvalue weighted by atomic mass is 10.2. The van der Waals surface area contributed by atoms with E-state index in [1.165, 1.54) is 0 Å². The van der Waals surface area contributed by atoms with E-state index in [1.54, 1.807) is 0 Å². The van der Waals surface area contributed by atoms with Crippen molar-refractivity contribution in [2.45, 2.75) is 45.7 Å². The van der Waals surface area contributed by atoms with Gasteiger partial charge in [0.2, 0.25) is 0 Å². The van der Waals surface area contributed by atoms with Gasteiger partial charge in [-0.05, 0) is 57.5 Å². The zero-order valence-electron chi connectivity index (χ0n) is 17.0. The summed E-state index contributed by atoms with van der Waals surface area (Å²) in [5, 5.41) is 3.37. The van der Waals surface area contributed by atoms with Crippen molar-refractivity contribution in [3.63, 3.8) is 0 Å². The van der Waals surface area contributed by atoms with Gasteiger partial charge >= 0.3 is 7.60 Å². The Hall–Kier alpha value is -1.81. The van der Waals surface area contributed by atoms with Gasteiger partial charge in [-0.2, -0.15) is 0 Å². The molecule has 0 aliphatic heterocycles. The van der Waals surface area contributed by atoms with Crippen molar-refractivity contribution in [2.24, 2.45) is 0 Å². The van der Waals surface area contributed by atoms with Gasteiger partial charge < -0.3 is 19.3 Å². The second-order valence-electron chi connectivity index (χ2n) is 7.25. The maximum atomic E-state index is 13.8. The summed E-state index contributed by atoms with van der Waals surface area (Å²) >= 11 is 0. The maximum absolute atomic E-state index is 13.8. The van der Waals surface area contributed by atoms with Gasteiger partial charge in [0.1, 0.15) is 0 Å². The molecular formula is C21H31N2O3P. The molecule has 2 rings (SSSR count). The average Bonchev–Trinajstić information content (AvgIpc) is 2.59. The standard InChI is InChI=1S/C21H31N2O3P/c1-16(2)25-27(24,26-17(3)4)21(22-19-10-8-7-9-11-19)18-12-14-20(15-13-18)23(5)6/h7-17,21-22H,1-6H3. The molecule has 2 aromatic rings. The third-order valence-corrected chi connectivity index (χ3v) is 6.32. The third-order valence-electron chi connectivity index (χ3n) is 3.83. The Morgan fingerprint density at radius 1 is 0.852 bits per heavy atom. The molecule has 0 heterocycles. The third kappa shape index (κ3) is 6.10. The predicted molar refractivity (Wildman–Crippen MR) is 114 cm³/mol. The Labute approximate surface area is 163 Å². The lowest BCUT2D eigenvalue weighted by Crippen LogP contribution is -2.19. The lowest BCUT2D eigenvalue weighted by Gasteiger charge is -2.31. The summed E-state index contributed by atoms with van der Waals surface area (Å²) in [6.45, 7) is 7.46. The smallest absolute Gasteiger partial charge is 0.357 e. The highest BCUT2D eigenvalue weighted by atomic mass is 31.2. The summed E-state index contributed by atoms with van der Waals surface area (Å²) < 4.78 is 25.6. The minimum atomic E-state index is -3.49. The van der Waals surface area contributed by atoms with Crippen LogP contribution in [0.25, 0.3) is 0 Å². The second kappa shape index (κ2) is 9.41. The predicted octanol–water partition coefficient (Wildman–Crippen LogP) is 5.91. The van der Waals surface area contributed by atoms with E-state index < -0.39 is 13.4 Å². The number of rotatable bonds is 9. The Bertz CT molecular complexity index is 732. The molecule has 1 atom stereocenters. The van der Waals surface area contributed by atoms with Gasteiger partial charge in [-0.1, -0.05) is 30.3 Å². The van der Waals surface area contributed by atoms with E-state index in [1.807, 2.05) is 101 Å². The molecule has 1 N–H and O–H groups in total. The van der Waals surface area contributed by atoms with Gasteiger partial charge in [0, 0.05) is 25.5 Å². The molecule has 5 nitrogen and oxygen atoms in total. The number of hydrogen-bond donors (Lipinski definition) is 1. The van der Waals surface area contributed by atoms with Crippen LogP contribution in [0.2, 0.25) is 0 Å². The highest BCUT2D eigenvalue weighted by Crippen LogP contribution is 2.62. The number of hydrogen-bond acceptors (Lipinski definition) is 5. The monoisotopic (exact) mass is 390 g/mol. The van der Waals surface area contributed by atoms with Crippen LogP contribution in [0.3, 0.4) is 0 Å². The first-order chi connectivity index (χ1) is 12.7. The maximum Gasteiger partial charge on any atom is 0.357 e. The van der Waals surface area contributed by atoms with E-state index >= 15 is 0 Å². The first-order valence-electron chi connectivity index (χ1n) is 9.26. The van der Waals surface area contributed by atoms with Gasteiger partial charge in [0.15, 0.2) is 5.78 Å². The van der Waals surface area contributed by atoms with E-state index in [0.29, 0.717) is 0 Å². The molecule has 0 radical (unpaired) electrons. The van der Waals surface area contributed by atoms with Crippen LogP contribution in [0.4, 0.5) is 11.4 Å². The molecule has 0 fully saturated rings. The van der Waals surface area contributed by atoms with Crippen LogP contribution in [-0.2, 0) is 13.6 Å². The van der Waals surface area contributed by atoms with Crippen LogP contribution < -0.4 is 10.2 Å². The van der Waals surface area contributed by atoms with Crippen LogP contribution in [0, 0.1) is 0 Å². The summed E-state index contributed by atoms with van der Waals surface area (Å²) in [7, 11) is 0.486. The quantitative estimate of drug-likeness (QED) is 0.540. The van der Waals surface area contributed by atoms with E-state index in [9.17, 15) is 4.57 Å². The van der Waals surface area contributed by atoms with Crippen molar-refractivity contribution in [3.8, 4) is 0 Å². The van der Waals surface area contributed by atoms with Crippen LogP contribution in [0.5, 0.6) is 0 Å². The minimum absolute atomic E-state index is 0.226. The van der Waals surface area contributed by atoms with Crippen molar-refractivity contribution in [2.75, 3.05) is 24.3 Å². The molecule has 148 valence electrons. The van der Waals surface area contributed by atoms with Crippen molar-refractivity contribution < 1.29 is 13.6 Å². The molecule has 0 amide bonds. The highest BCUT2D eigenvalue weighted by Gasteiger charge is 2.39. The van der Waals surface area contributed by atoms with Crippen molar-refractivity contribution in [3.05, 3.63) is 60.2 Å². The average molecular weight is 390 g/mol. The molecule has 0 aliphatic rings. The van der Waals surface area contributed by atoms with Crippen LogP contribution in [0.1, 0.15) is 39.0 Å². The van der Waals surface area contributed by atoms with E-state index in [4.69, 9.17) is 9.05 Å². The first kappa shape index (κ1) is 21.5. The topological polar surface area (TPSA) is 50.8 Å². The normalized spacial score (nSPS) is 13.0. The van der Waals surface area contributed by atoms with Gasteiger partial charge in [-0.25, -0.2) is 0 Å². The fourth-order valence-corrected chi connectivity index (χ4v) is 5.04. The molecule has 0 saturated carbocycles. The van der Waals surface area contributed by atoms with Gasteiger partial charge in [-0.3, -0.25) is 4.57 Å². The van der Waals surface area contributed by atoms with E-state index in [-0.39, 0.29) is 12.2 Å². The van der Waals surface area contributed by atoms with Crippen molar-refractivity contribution in [1.82, 2.24) is 0 Å². The summed E-state index contributed by atoms with van der Waals surface area (Å²) in [5.74, 6) is -0.610. The van der Waals surface area contributed by atoms with Crippen LogP contribution in [-0.4, -0.2) is 26.3 Å². The summed E-state index contributed by atoms with van der Waals surface area (Å²) in [5.41, 5.74) is 2.79. The number of nitrogens with zero attached hydrogens (tertiary/aromatic N) is 1. The van der Waals surface area contributed by atoms with Crippen LogP contribution in [0.15, 0.2) is 54.6 Å². The Kier molecular flexibility index (Phi) is 7.49. The summed E-state index contributed by atoms with van der Waals surface area (Å²) in [6, 6.07) is 17.6. The highest BCUT2D eigenvalue weighted by molar-refractivity contribution is 7.54. The number of benzene rings is 2. The Balaban J connectivity index is 2.47. The summed E-state index contributed by atoms with van der Waals surface area (Å²) in [4.78, 5) is 2.03. The molecule has 0 bridgehead atoms. The molecule has 0 aliphatic carbocycles. The molecule has 2 aromatic carbocycles. The summed E-state index contributed by atoms with van der Waals surface area (Å²) in [6.07, 6.45) is -0.452. The van der Waals surface area contributed by atoms with Crippen molar-refractivity contribution >= 4 is 19.0 Å². The van der Waals surface area contributed by atoms with E-state index in [2.05, 4.69) is 5.32 Å². The Morgan fingerprint density at radius 3 is 1.81 bits per heavy atom. The molecule has 0 spiro atoms. The lowest BCUT2D eigenvalue weighted by molar-refractivity contribution is 0.138. The molecular weight excluding hydrogens is 359 g/mol. The zero-order chi connectivity index (χ0) is 20.0. The van der Waals surface area contributed by atoms with Crippen molar-refractivity contribution in [1.29, 1.82) is 0 Å². The van der Waals surface area contributed by atoms with Gasteiger partial charge in [-0.15, -0.1) is 0 Å². The molecule has 27 heavy (non-hydrogen) atoms. The van der Waals surface area contributed by atoms with E-state index in [0.717, 1.165) is 16.9 Å². The fraction of sp³-hybridized carbons (Fsp3) is 0.429. The Morgan fingerprint density at radius 2 is 1.37 bits per heavy atom. The second-order valence-corrected chi connectivity index (χ2v) is 9.26. The molecule has 6 heteroatoms. The van der Waals surface area contributed by atoms with Gasteiger partial charge in [0.05, 0.1) is 12.2 Å². The molecule has 1 unspecified atom stereocenters. The SMILES string of the molecule is CC(C)OP(=O)(OC(C)C)C(Nc1ccccc1)c1ccc(N(C)C)cc1. The number of anilines is 2.